The normalized spacial score (nSPS) is 15.3. The lowest BCUT2D eigenvalue weighted by atomic mass is 10.2. The van der Waals surface area contributed by atoms with Gasteiger partial charge in [-0.05, 0) is 43.3 Å². The molecule has 0 saturated carbocycles. The van der Waals surface area contributed by atoms with Crippen molar-refractivity contribution in [3.05, 3.63) is 48.5 Å². The van der Waals surface area contributed by atoms with Crippen LogP contribution in [0.3, 0.4) is 0 Å². The molecule has 0 radical (unpaired) electrons. The van der Waals surface area contributed by atoms with Gasteiger partial charge in [-0.1, -0.05) is 12.1 Å². The minimum atomic E-state index is -3.73. The van der Waals surface area contributed by atoms with Crippen molar-refractivity contribution in [2.75, 3.05) is 47.7 Å². The molecule has 150 valence electrons. The molecule has 0 atom stereocenters. The van der Waals surface area contributed by atoms with E-state index in [9.17, 15) is 13.2 Å². The molecule has 1 heterocycles. The summed E-state index contributed by atoms with van der Waals surface area (Å²) in [7, 11) is -3.73. The molecule has 1 fully saturated rings. The number of anilines is 3. The Balaban J connectivity index is 1.78. The van der Waals surface area contributed by atoms with Crippen LogP contribution in [0.15, 0.2) is 53.4 Å². The van der Waals surface area contributed by atoms with E-state index in [2.05, 4.69) is 21.9 Å². The molecule has 0 bridgehead atoms. The zero-order chi connectivity index (χ0) is 20.1. The van der Waals surface area contributed by atoms with Gasteiger partial charge in [-0.2, -0.15) is 0 Å². The molecule has 3 rings (SSSR count). The van der Waals surface area contributed by atoms with Crippen LogP contribution in [-0.2, 0) is 14.8 Å². The fraction of sp³-hybridized carbons (Fsp3) is 0.350. The summed E-state index contributed by atoms with van der Waals surface area (Å²) in [5.41, 5.74) is 2.03. The van der Waals surface area contributed by atoms with Crippen LogP contribution in [0.25, 0.3) is 0 Å². The Hall–Kier alpha value is -2.58. The summed E-state index contributed by atoms with van der Waals surface area (Å²) < 4.78 is 28.4. The highest BCUT2D eigenvalue weighted by molar-refractivity contribution is 7.92. The summed E-state index contributed by atoms with van der Waals surface area (Å²) in [4.78, 5) is 15.1. The third kappa shape index (κ3) is 4.82. The highest BCUT2D eigenvalue weighted by Gasteiger charge is 2.22. The lowest BCUT2D eigenvalue weighted by Gasteiger charge is -2.34. The van der Waals surface area contributed by atoms with E-state index in [0.717, 1.165) is 38.4 Å². The first-order valence-electron chi connectivity index (χ1n) is 9.47. The number of carbonyl (C=O) groups is 1. The number of nitrogens with one attached hydrogen (secondary N) is 3. The lowest BCUT2D eigenvalue weighted by molar-refractivity contribution is -0.898. The molecule has 0 aromatic heterocycles. The fourth-order valence-corrected chi connectivity index (χ4v) is 4.45. The van der Waals surface area contributed by atoms with E-state index in [-0.39, 0.29) is 10.8 Å². The molecule has 8 heteroatoms. The van der Waals surface area contributed by atoms with E-state index in [0.29, 0.717) is 11.4 Å². The van der Waals surface area contributed by atoms with Gasteiger partial charge in [0.15, 0.2) is 0 Å². The predicted octanol–water partition coefficient (Wildman–Crippen LogP) is 1.17. The Morgan fingerprint density at radius 2 is 1.71 bits per heavy atom. The van der Waals surface area contributed by atoms with Gasteiger partial charge in [-0.25, -0.2) is 8.42 Å². The van der Waals surface area contributed by atoms with E-state index in [4.69, 9.17) is 0 Å². The second-order valence-electron chi connectivity index (χ2n) is 6.92. The number of amides is 1. The fourth-order valence-electron chi connectivity index (χ4n) is 3.38. The largest absolute Gasteiger partial charge is 0.359 e. The third-order valence-electron chi connectivity index (χ3n) is 4.94. The molecule has 7 nitrogen and oxygen atoms in total. The Labute approximate surface area is 166 Å². The number of hydrogen-bond donors (Lipinski definition) is 3. The maximum Gasteiger partial charge on any atom is 0.261 e. The quantitative estimate of drug-likeness (QED) is 0.676. The molecule has 0 spiro atoms. The van der Waals surface area contributed by atoms with Crippen LogP contribution in [0.5, 0.6) is 0 Å². The van der Waals surface area contributed by atoms with Gasteiger partial charge in [-0.15, -0.1) is 0 Å². The topological polar surface area (TPSA) is 82.9 Å². The zero-order valence-electron chi connectivity index (χ0n) is 16.2. The van der Waals surface area contributed by atoms with Gasteiger partial charge in [0.25, 0.3) is 10.0 Å². The van der Waals surface area contributed by atoms with Crippen molar-refractivity contribution in [1.82, 2.24) is 0 Å². The van der Waals surface area contributed by atoms with Gasteiger partial charge in [0.1, 0.15) is 0 Å². The SMILES string of the molecule is CC[NH+]1CCN(c2ccccc2NS(=O)(=O)c2ccc(NC(C)=O)cc2)CC1. The number of rotatable bonds is 6. The van der Waals surface area contributed by atoms with Gasteiger partial charge >= 0.3 is 0 Å². The van der Waals surface area contributed by atoms with Gasteiger partial charge in [0.2, 0.25) is 5.91 Å². The number of likely N-dealkylation sites (N-methyl/N-ethyl adjacent to an activating group) is 1. The van der Waals surface area contributed by atoms with E-state index < -0.39 is 10.0 Å². The maximum atomic E-state index is 12.8. The van der Waals surface area contributed by atoms with E-state index in [1.807, 2.05) is 18.2 Å². The van der Waals surface area contributed by atoms with Crippen LogP contribution in [0.2, 0.25) is 0 Å². The number of carbonyl (C=O) groups excluding carboxylic acids is 1. The molecule has 1 aliphatic heterocycles. The van der Waals surface area contributed by atoms with Crippen molar-refractivity contribution in [3.8, 4) is 0 Å². The first-order valence-corrected chi connectivity index (χ1v) is 11.0. The van der Waals surface area contributed by atoms with Crippen molar-refractivity contribution in [1.29, 1.82) is 0 Å². The Morgan fingerprint density at radius 1 is 1.07 bits per heavy atom. The van der Waals surface area contributed by atoms with E-state index >= 15 is 0 Å². The van der Waals surface area contributed by atoms with Gasteiger partial charge in [0.05, 0.1) is 49.0 Å². The van der Waals surface area contributed by atoms with Crippen LogP contribution in [0.4, 0.5) is 17.1 Å². The first-order chi connectivity index (χ1) is 13.4. The average Bonchev–Trinajstić information content (AvgIpc) is 2.68. The number of hydrogen-bond acceptors (Lipinski definition) is 4. The summed E-state index contributed by atoms with van der Waals surface area (Å²) in [5.74, 6) is -0.201. The smallest absolute Gasteiger partial charge is 0.261 e. The van der Waals surface area contributed by atoms with Crippen molar-refractivity contribution in [2.24, 2.45) is 0 Å². The highest BCUT2D eigenvalue weighted by Crippen LogP contribution is 2.28. The molecule has 2 aromatic rings. The Bertz CT molecular complexity index is 921. The van der Waals surface area contributed by atoms with Crippen molar-refractivity contribution in [2.45, 2.75) is 18.7 Å². The maximum absolute atomic E-state index is 12.8. The molecule has 3 N–H and O–H groups in total. The van der Waals surface area contributed by atoms with Crippen LogP contribution < -0.4 is 19.8 Å². The molecule has 1 saturated heterocycles. The van der Waals surface area contributed by atoms with E-state index in [1.54, 1.807) is 23.1 Å². The number of piperazine rings is 1. The van der Waals surface area contributed by atoms with Crippen molar-refractivity contribution < 1.29 is 18.1 Å². The summed E-state index contributed by atoms with van der Waals surface area (Å²) in [5, 5.41) is 2.63. The zero-order valence-corrected chi connectivity index (χ0v) is 17.1. The second-order valence-corrected chi connectivity index (χ2v) is 8.60. The Kier molecular flexibility index (Phi) is 6.21. The average molecular weight is 404 g/mol. The monoisotopic (exact) mass is 403 g/mol. The molecule has 28 heavy (non-hydrogen) atoms. The Morgan fingerprint density at radius 3 is 2.32 bits per heavy atom. The van der Waals surface area contributed by atoms with Crippen LogP contribution in [-0.4, -0.2) is 47.0 Å². The molecular weight excluding hydrogens is 376 g/mol. The molecule has 1 aliphatic rings. The second kappa shape index (κ2) is 8.62. The lowest BCUT2D eigenvalue weighted by Crippen LogP contribution is -3.14. The minimum absolute atomic E-state index is 0.150. The van der Waals surface area contributed by atoms with Crippen molar-refractivity contribution >= 4 is 33.0 Å². The minimum Gasteiger partial charge on any atom is -0.359 e. The summed E-state index contributed by atoms with van der Waals surface area (Å²) in [6, 6.07) is 13.6. The van der Waals surface area contributed by atoms with Gasteiger partial charge in [0, 0.05) is 12.6 Å². The standard InChI is InChI=1S/C20H26N4O3S/c1-3-23-12-14-24(15-13-23)20-7-5-4-6-19(20)22-28(26,27)18-10-8-17(9-11-18)21-16(2)25/h4-11,22H,3,12-15H2,1-2H3,(H,21,25)/p+1. The first kappa shape index (κ1) is 20.2. The number of para-hydroxylation sites is 2. The molecule has 2 aromatic carbocycles. The summed E-state index contributed by atoms with van der Waals surface area (Å²) in [6.07, 6.45) is 0. The number of nitrogens with zero attached hydrogens (tertiary/aromatic N) is 1. The van der Waals surface area contributed by atoms with Gasteiger partial charge < -0.3 is 15.1 Å². The predicted molar refractivity (Wildman–Crippen MR) is 111 cm³/mol. The summed E-state index contributed by atoms with van der Waals surface area (Å²) >= 11 is 0. The third-order valence-corrected chi connectivity index (χ3v) is 6.33. The summed E-state index contributed by atoms with van der Waals surface area (Å²) in [6.45, 7) is 8.58. The van der Waals surface area contributed by atoms with Crippen LogP contribution >= 0.6 is 0 Å². The number of sulfonamides is 1. The number of quaternary nitrogens is 1. The highest BCUT2D eigenvalue weighted by atomic mass is 32.2. The van der Waals surface area contributed by atoms with Crippen LogP contribution in [0.1, 0.15) is 13.8 Å². The van der Waals surface area contributed by atoms with E-state index in [1.165, 1.54) is 19.1 Å². The molecular formula is C20H27N4O3S+. The van der Waals surface area contributed by atoms with Crippen LogP contribution in [0, 0.1) is 0 Å². The molecule has 0 unspecified atom stereocenters. The number of benzene rings is 2. The van der Waals surface area contributed by atoms with Crippen molar-refractivity contribution in [3.63, 3.8) is 0 Å². The molecule has 1 amide bonds. The molecule has 0 aliphatic carbocycles. The van der Waals surface area contributed by atoms with Gasteiger partial charge in [-0.3, -0.25) is 9.52 Å².